The van der Waals surface area contributed by atoms with Crippen LogP contribution in [-0.2, 0) is 23.1 Å². The molecule has 1 aromatic carbocycles. The Hall–Kier alpha value is -1.11. The smallest absolute Gasteiger partial charge is 0.264 e. The SMILES string of the molecule is COc1cc2c(cc1C)CCN(CCCS(=O)(=O)O)C2. The van der Waals surface area contributed by atoms with Crippen LogP contribution >= 0.6 is 0 Å². The largest absolute Gasteiger partial charge is 0.496 e. The van der Waals surface area contributed by atoms with E-state index in [1.807, 2.05) is 6.92 Å². The summed E-state index contributed by atoms with van der Waals surface area (Å²) in [5, 5.41) is 0. The van der Waals surface area contributed by atoms with Gasteiger partial charge < -0.3 is 4.74 Å². The van der Waals surface area contributed by atoms with Crippen molar-refractivity contribution in [3.63, 3.8) is 0 Å². The summed E-state index contributed by atoms with van der Waals surface area (Å²) < 4.78 is 35.5. The molecule has 0 radical (unpaired) electrons. The number of fused-ring (bicyclic) bond motifs is 1. The van der Waals surface area contributed by atoms with Gasteiger partial charge in [-0.3, -0.25) is 9.45 Å². The standard InChI is InChI=1S/C14H21NO4S/c1-11-8-12-4-6-15(5-3-7-20(16,17)18)10-13(12)9-14(11)19-2/h8-9H,3-7,10H2,1-2H3,(H,16,17,18). The fourth-order valence-electron chi connectivity index (χ4n) is 2.65. The molecule has 1 heterocycles. The van der Waals surface area contributed by atoms with Gasteiger partial charge >= 0.3 is 0 Å². The Bertz CT molecular complexity index is 583. The first-order valence-electron chi connectivity index (χ1n) is 6.73. The molecule has 0 bridgehead atoms. The second kappa shape index (κ2) is 6.11. The Morgan fingerprint density at radius 3 is 2.75 bits per heavy atom. The van der Waals surface area contributed by atoms with E-state index in [0.717, 1.165) is 30.8 Å². The molecule has 5 nitrogen and oxygen atoms in total. The quantitative estimate of drug-likeness (QED) is 0.837. The Morgan fingerprint density at radius 1 is 1.35 bits per heavy atom. The van der Waals surface area contributed by atoms with Crippen molar-refractivity contribution < 1.29 is 17.7 Å². The molecule has 1 aliphatic heterocycles. The molecule has 1 aliphatic rings. The molecule has 0 aliphatic carbocycles. The van der Waals surface area contributed by atoms with E-state index in [9.17, 15) is 8.42 Å². The van der Waals surface area contributed by atoms with Crippen LogP contribution in [-0.4, -0.2) is 43.8 Å². The molecule has 0 unspecified atom stereocenters. The molecule has 2 rings (SSSR count). The van der Waals surface area contributed by atoms with Gasteiger partial charge in [0.1, 0.15) is 5.75 Å². The summed E-state index contributed by atoms with van der Waals surface area (Å²) in [5.41, 5.74) is 3.73. The molecule has 1 aromatic rings. The molecule has 1 N–H and O–H groups in total. The normalized spacial score (nSPS) is 15.9. The Morgan fingerprint density at radius 2 is 2.10 bits per heavy atom. The zero-order chi connectivity index (χ0) is 14.8. The minimum absolute atomic E-state index is 0.173. The van der Waals surface area contributed by atoms with E-state index in [2.05, 4.69) is 17.0 Å². The van der Waals surface area contributed by atoms with Gasteiger partial charge in [0.25, 0.3) is 10.1 Å². The Kier molecular flexibility index (Phi) is 4.67. The van der Waals surface area contributed by atoms with Crippen molar-refractivity contribution in [3.8, 4) is 5.75 Å². The maximum atomic E-state index is 10.7. The number of rotatable bonds is 5. The lowest BCUT2D eigenvalue weighted by Crippen LogP contribution is -2.32. The number of methoxy groups -OCH3 is 1. The van der Waals surface area contributed by atoms with E-state index in [4.69, 9.17) is 9.29 Å². The molecule has 0 aromatic heterocycles. The minimum atomic E-state index is -3.85. The van der Waals surface area contributed by atoms with Crippen molar-refractivity contribution in [2.75, 3.05) is 26.0 Å². The monoisotopic (exact) mass is 299 g/mol. The minimum Gasteiger partial charge on any atom is -0.496 e. The third kappa shape index (κ3) is 3.94. The van der Waals surface area contributed by atoms with E-state index in [1.54, 1.807) is 7.11 Å². The van der Waals surface area contributed by atoms with Gasteiger partial charge in [-0.2, -0.15) is 8.42 Å². The maximum Gasteiger partial charge on any atom is 0.264 e. The molecule has 6 heteroatoms. The molecule has 0 spiro atoms. The highest BCUT2D eigenvalue weighted by atomic mass is 32.2. The molecule has 20 heavy (non-hydrogen) atoms. The van der Waals surface area contributed by atoms with Crippen LogP contribution in [0.1, 0.15) is 23.1 Å². The topological polar surface area (TPSA) is 66.8 Å². The van der Waals surface area contributed by atoms with E-state index in [1.165, 1.54) is 11.1 Å². The lowest BCUT2D eigenvalue weighted by atomic mass is 9.97. The van der Waals surface area contributed by atoms with Crippen LogP contribution in [0.15, 0.2) is 12.1 Å². The first-order chi connectivity index (χ1) is 9.39. The summed E-state index contributed by atoms with van der Waals surface area (Å²) in [6, 6.07) is 4.24. The first kappa shape index (κ1) is 15.3. The molecular weight excluding hydrogens is 278 g/mol. The van der Waals surface area contributed by atoms with Crippen LogP contribution in [0.2, 0.25) is 0 Å². The molecular formula is C14H21NO4S. The molecule has 0 saturated carbocycles. The molecule has 0 atom stereocenters. The van der Waals surface area contributed by atoms with Crippen molar-refractivity contribution in [2.45, 2.75) is 26.3 Å². The highest BCUT2D eigenvalue weighted by molar-refractivity contribution is 7.85. The van der Waals surface area contributed by atoms with Crippen molar-refractivity contribution in [2.24, 2.45) is 0 Å². The number of benzene rings is 1. The van der Waals surface area contributed by atoms with E-state index in [0.29, 0.717) is 13.0 Å². The summed E-state index contributed by atoms with van der Waals surface area (Å²) in [7, 11) is -2.18. The van der Waals surface area contributed by atoms with Crippen LogP contribution in [0.5, 0.6) is 5.75 Å². The molecule has 112 valence electrons. The second-order valence-corrected chi connectivity index (χ2v) is 6.83. The summed E-state index contributed by atoms with van der Waals surface area (Å²) in [6.45, 7) is 4.44. The number of ether oxygens (including phenoxy) is 1. The van der Waals surface area contributed by atoms with Crippen LogP contribution in [0.25, 0.3) is 0 Å². The van der Waals surface area contributed by atoms with E-state index >= 15 is 0 Å². The van der Waals surface area contributed by atoms with Crippen LogP contribution in [0, 0.1) is 6.92 Å². The fourth-order valence-corrected chi connectivity index (χ4v) is 3.14. The summed E-state index contributed by atoms with van der Waals surface area (Å²) in [6.07, 6.45) is 1.42. The van der Waals surface area contributed by atoms with Gasteiger partial charge in [-0.05, 0) is 49.1 Å². The van der Waals surface area contributed by atoms with Gasteiger partial charge in [-0.15, -0.1) is 0 Å². The molecule has 0 fully saturated rings. The molecule has 0 amide bonds. The second-order valence-electron chi connectivity index (χ2n) is 5.26. The van der Waals surface area contributed by atoms with Crippen molar-refractivity contribution in [3.05, 3.63) is 28.8 Å². The summed E-state index contributed by atoms with van der Waals surface area (Å²) >= 11 is 0. The number of hydrogen-bond acceptors (Lipinski definition) is 4. The highest BCUT2D eigenvalue weighted by Crippen LogP contribution is 2.27. The third-order valence-electron chi connectivity index (χ3n) is 3.69. The maximum absolute atomic E-state index is 10.7. The fraction of sp³-hybridized carbons (Fsp3) is 0.571. The van der Waals surface area contributed by atoms with Gasteiger partial charge in [0.2, 0.25) is 0 Å². The van der Waals surface area contributed by atoms with Crippen molar-refractivity contribution >= 4 is 10.1 Å². The number of aryl methyl sites for hydroxylation is 1. The van der Waals surface area contributed by atoms with E-state index < -0.39 is 10.1 Å². The van der Waals surface area contributed by atoms with Crippen molar-refractivity contribution in [1.82, 2.24) is 4.90 Å². The van der Waals surface area contributed by atoms with Gasteiger partial charge in [0.05, 0.1) is 12.9 Å². The van der Waals surface area contributed by atoms with Crippen LogP contribution in [0.4, 0.5) is 0 Å². The van der Waals surface area contributed by atoms with Gasteiger partial charge in [0, 0.05) is 13.1 Å². The Balaban J connectivity index is 1.99. The lowest BCUT2D eigenvalue weighted by molar-refractivity contribution is 0.254. The zero-order valence-corrected chi connectivity index (χ0v) is 12.7. The van der Waals surface area contributed by atoms with Gasteiger partial charge in [-0.25, -0.2) is 0 Å². The predicted octanol–water partition coefficient (Wildman–Crippen LogP) is 1.64. The molecule has 0 saturated heterocycles. The predicted molar refractivity (Wildman–Crippen MR) is 77.7 cm³/mol. The average molecular weight is 299 g/mol. The van der Waals surface area contributed by atoms with Crippen molar-refractivity contribution in [1.29, 1.82) is 0 Å². The summed E-state index contributed by atoms with van der Waals surface area (Å²) in [4.78, 5) is 2.21. The zero-order valence-electron chi connectivity index (χ0n) is 11.9. The lowest BCUT2D eigenvalue weighted by Gasteiger charge is -2.29. The average Bonchev–Trinajstić information content (AvgIpc) is 2.36. The van der Waals surface area contributed by atoms with Gasteiger partial charge in [-0.1, -0.05) is 6.07 Å². The van der Waals surface area contributed by atoms with Crippen LogP contribution in [0.3, 0.4) is 0 Å². The van der Waals surface area contributed by atoms with Crippen LogP contribution < -0.4 is 4.74 Å². The highest BCUT2D eigenvalue weighted by Gasteiger charge is 2.18. The number of nitrogens with zero attached hydrogens (tertiary/aromatic N) is 1. The first-order valence-corrected chi connectivity index (χ1v) is 8.34. The summed E-state index contributed by atoms with van der Waals surface area (Å²) in [5.74, 6) is 0.719. The third-order valence-corrected chi connectivity index (χ3v) is 4.49. The van der Waals surface area contributed by atoms with E-state index in [-0.39, 0.29) is 5.75 Å². The Labute approximate surface area is 120 Å². The number of hydrogen-bond donors (Lipinski definition) is 1. The van der Waals surface area contributed by atoms with Gasteiger partial charge in [0.15, 0.2) is 0 Å².